The Bertz CT molecular complexity index is 421. The van der Waals surface area contributed by atoms with E-state index in [9.17, 15) is 0 Å². The van der Waals surface area contributed by atoms with Crippen LogP contribution in [0.4, 0.5) is 0 Å². The van der Waals surface area contributed by atoms with E-state index in [1.807, 2.05) is 18.2 Å². The second-order valence-electron chi connectivity index (χ2n) is 5.69. The van der Waals surface area contributed by atoms with Gasteiger partial charge in [-0.3, -0.25) is 4.99 Å². The quantitative estimate of drug-likeness (QED) is 0.281. The van der Waals surface area contributed by atoms with Crippen LogP contribution in [-0.2, 0) is 11.3 Å². The van der Waals surface area contributed by atoms with E-state index in [-0.39, 0.29) is 24.0 Å². The van der Waals surface area contributed by atoms with Crippen molar-refractivity contribution in [2.45, 2.75) is 38.7 Å². The summed E-state index contributed by atoms with van der Waals surface area (Å²) in [6.45, 7) is 3.24. The van der Waals surface area contributed by atoms with Crippen molar-refractivity contribution in [3.05, 3.63) is 35.9 Å². The predicted molar refractivity (Wildman–Crippen MR) is 103 cm³/mol. The third kappa shape index (κ3) is 7.98. The number of nitrogens with one attached hydrogen (secondary N) is 1. The Morgan fingerprint density at radius 2 is 2.00 bits per heavy atom. The van der Waals surface area contributed by atoms with Crippen LogP contribution in [0.3, 0.4) is 0 Å². The number of halogens is 1. The minimum Gasteiger partial charge on any atom is -0.377 e. The minimum atomic E-state index is 0. The molecule has 0 heterocycles. The van der Waals surface area contributed by atoms with Crippen molar-refractivity contribution in [2.75, 3.05) is 19.7 Å². The summed E-state index contributed by atoms with van der Waals surface area (Å²) < 4.78 is 5.64. The molecule has 0 spiro atoms. The molecule has 0 atom stereocenters. The van der Waals surface area contributed by atoms with Crippen molar-refractivity contribution in [2.24, 2.45) is 16.6 Å². The van der Waals surface area contributed by atoms with E-state index < -0.39 is 0 Å². The summed E-state index contributed by atoms with van der Waals surface area (Å²) in [6, 6.07) is 10.3. The van der Waals surface area contributed by atoms with Gasteiger partial charge in [0.2, 0.25) is 0 Å². The van der Waals surface area contributed by atoms with Gasteiger partial charge in [-0.05, 0) is 37.2 Å². The zero-order valence-corrected chi connectivity index (χ0v) is 15.5. The molecule has 3 N–H and O–H groups in total. The normalized spacial score (nSPS) is 15.0. The van der Waals surface area contributed by atoms with Gasteiger partial charge in [-0.1, -0.05) is 36.8 Å². The molecule has 2 rings (SSSR count). The summed E-state index contributed by atoms with van der Waals surface area (Å²) in [5.41, 5.74) is 7.05. The fourth-order valence-electron chi connectivity index (χ4n) is 2.27. The lowest BCUT2D eigenvalue weighted by Crippen LogP contribution is -2.33. The van der Waals surface area contributed by atoms with Gasteiger partial charge in [-0.2, -0.15) is 0 Å². The van der Waals surface area contributed by atoms with Crippen LogP contribution in [0.15, 0.2) is 35.3 Å². The van der Waals surface area contributed by atoms with Crippen LogP contribution in [-0.4, -0.2) is 25.7 Å². The first kappa shape index (κ1) is 19.2. The molecule has 0 aromatic heterocycles. The average molecular weight is 417 g/mol. The average Bonchev–Trinajstić information content (AvgIpc) is 2.46. The molecule has 22 heavy (non-hydrogen) atoms. The van der Waals surface area contributed by atoms with Gasteiger partial charge in [0.1, 0.15) is 0 Å². The summed E-state index contributed by atoms with van der Waals surface area (Å²) in [5, 5.41) is 3.17. The van der Waals surface area contributed by atoms with Crippen LogP contribution in [0.5, 0.6) is 0 Å². The van der Waals surface area contributed by atoms with E-state index in [1.165, 1.54) is 24.8 Å². The highest BCUT2D eigenvalue weighted by atomic mass is 127. The van der Waals surface area contributed by atoms with Gasteiger partial charge < -0.3 is 15.8 Å². The largest absolute Gasteiger partial charge is 0.377 e. The maximum atomic E-state index is 5.83. The molecule has 124 valence electrons. The van der Waals surface area contributed by atoms with Crippen molar-refractivity contribution >= 4 is 29.9 Å². The molecular weight excluding hydrogens is 389 g/mol. The van der Waals surface area contributed by atoms with Gasteiger partial charge in [0.05, 0.1) is 6.61 Å². The van der Waals surface area contributed by atoms with E-state index in [0.717, 1.165) is 38.5 Å². The minimum absolute atomic E-state index is 0. The Balaban J connectivity index is 0.00000242. The van der Waals surface area contributed by atoms with Gasteiger partial charge in [-0.25, -0.2) is 0 Å². The first-order chi connectivity index (χ1) is 10.3. The zero-order valence-electron chi connectivity index (χ0n) is 13.2. The van der Waals surface area contributed by atoms with E-state index in [1.54, 1.807) is 0 Å². The van der Waals surface area contributed by atoms with Crippen LogP contribution in [0.25, 0.3) is 0 Å². The third-order valence-electron chi connectivity index (χ3n) is 3.88. The topological polar surface area (TPSA) is 59.6 Å². The molecule has 1 fully saturated rings. The van der Waals surface area contributed by atoms with Gasteiger partial charge in [0.25, 0.3) is 0 Å². The van der Waals surface area contributed by atoms with Crippen molar-refractivity contribution in [3.8, 4) is 0 Å². The lowest BCUT2D eigenvalue weighted by molar-refractivity contribution is 0.117. The Morgan fingerprint density at radius 1 is 1.23 bits per heavy atom. The fraction of sp³-hybridized carbons (Fsp3) is 0.588. The Hall–Kier alpha value is -0.820. The summed E-state index contributed by atoms with van der Waals surface area (Å²) in [7, 11) is 0. The van der Waals surface area contributed by atoms with Crippen molar-refractivity contribution < 1.29 is 4.74 Å². The van der Waals surface area contributed by atoms with Gasteiger partial charge in [0.15, 0.2) is 5.96 Å². The molecule has 4 nitrogen and oxygen atoms in total. The molecule has 1 aromatic carbocycles. The molecule has 1 saturated carbocycles. The Kier molecular flexibility index (Phi) is 10.2. The highest BCUT2D eigenvalue weighted by Crippen LogP contribution is 2.26. The number of hydrogen-bond donors (Lipinski definition) is 2. The molecule has 1 aliphatic rings. The lowest BCUT2D eigenvalue weighted by atomic mass is 9.86. The molecule has 0 bridgehead atoms. The highest BCUT2D eigenvalue weighted by Gasteiger charge is 2.16. The summed E-state index contributed by atoms with van der Waals surface area (Å²) in [6.07, 6.45) is 6.08. The number of nitrogens with two attached hydrogens (primary N) is 1. The number of unbranched alkanes of at least 4 members (excludes halogenated alkanes) is 1. The van der Waals surface area contributed by atoms with Crippen molar-refractivity contribution in [1.82, 2.24) is 5.32 Å². The second kappa shape index (κ2) is 11.7. The number of ether oxygens (including phenoxy) is 1. The molecule has 1 aliphatic carbocycles. The van der Waals surface area contributed by atoms with Gasteiger partial charge in [-0.15, -0.1) is 24.0 Å². The van der Waals surface area contributed by atoms with Crippen LogP contribution in [0, 0.1) is 5.92 Å². The zero-order chi connectivity index (χ0) is 14.8. The molecule has 0 saturated heterocycles. The first-order valence-electron chi connectivity index (χ1n) is 8.00. The highest BCUT2D eigenvalue weighted by molar-refractivity contribution is 14.0. The third-order valence-corrected chi connectivity index (χ3v) is 3.88. The fourth-order valence-corrected chi connectivity index (χ4v) is 2.27. The molecule has 0 radical (unpaired) electrons. The second-order valence-corrected chi connectivity index (χ2v) is 5.69. The number of rotatable bonds is 9. The van der Waals surface area contributed by atoms with Gasteiger partial charge >= 0.3 is 0 Å². The molecular formula is C17H28IN3O. The van der Waals surface area contributed by atoms with Crippen molar-refractivity contribution in [1.29, 1.82) is 0 Å². The van der Waals surface area contributed by atoms with E-state index in [2.05, 4.69) is 22.4 Å². The first-order valence-corrected chi connectivity index (χ1v) is 8.00. The summed E-state index contributed by atoms with van der Waals surface area (Å²) >= 11 is 0. The van der Waals surface area contributed by atoms with E-state index >= 15 is 0 Å². The van der Waals surface area contributed by atoms with Crippen LogP contribution >= 0.6 is 24.0 Å². The number of hydrogen-bond acceptors (Lipinski definition) is 2. The number of nitrogens with zero attached hydrogens (tertiary/aromatic N) is 1. The smallest absolute Gasteiger partial charge is 0.188 e. The van der Waals surface area contributed by atoms with Crippen LogP contribution < -0.4 is 11.1 Å². The summed E-state index contributed by atoms with van der Waals surface area (Å²) in [4.78, 5) is 4.37. The SMILES string of the molecule is I.NC(=NCC1CCC1)NCCCCOCc1ccccc1. The van der Waals surface area contributed by atoms with E-state index in [0.29, 0.717) is 12.6 Å². The number of guanidine groups is 1. The number of aliphatic imine (C=N–C) groups is 1. The summed E-state index contributed by atoms with van der Waals surface area (Å²) in [5.74, 6) is 1.36. The predicted octanol–water partition coefficient (Wildman–Crippen LogP) is 3.31. The maximum absolute atomic E-state index is 5.83. The number of benzene rings is 1. The molecule has 5 heteroatoms. The lowest BCUT2D eigenvalue weighted by Gasteiger charge is -2.23. The van der Waals surface area contributed by atoms with Gasteiger partial charge in [0, 0.05) is 19.7 Å². The van der Waals surface area contributed by atoms with Crippen molar-refractivity contribution in [3.63, 3.8) is 0 Å². The maximum Gasteiger partial charge on any atom is 0.188 e. The standard InChI is InChI=1S/C17H27N3O.HI/c18-17(20-13-15-9-6-10-15)19-11-4-5-12-21-14-16-7-2-1-3-8-16;/h1-3,7-8,15H,4-6,9-14H2,(H3,18,19,20);1H. The molecule has 1 aromatic rings. The monoisotopic (exact) mass is 417 g/mol. The molecule has 0 unspecified atom stereocenters. The van der Waals surface area contributed by atoms with Crippen LogP contribution in [0.1, 0.15) is 37.7 Å². The molecule has 0 amide bonds. The Labute approximate surface area is 150 Å². The molecule has 0 aliphatic heterocycles. The Morgan fingerprint density at radius 3 is 2.68 bits per heavy atom. The van der Waals surface area contributed by atoms with Crippen LogP contribution in [0.2, 0.25) is 0 Å². The van der Waals surface area contributed by atoms with E-state index in [4.69, 9.17) is 10.5 Å².